The Bertz CT molecular complexity index is 4710. The number of nitrogen functional groups attached to an aromatic ring is 12. The van der Waals surface area contributed by atoms with E-state index < -0.39 is 237 Å². The van der Waals surface area contributed by atoms with Crippen molar-refractivity contribution in [3.8, 4) is 0 Å². The lowest BCUT2D eigenvalue weighted by Crippen LogP contribution is -2.54. The minimum Gasteiger partial charge on any atom is -0.399 e. The van der Waals surface area contributed by atoms with Crippen LogP contribution in [0.5, 0.6) is 0 Å². The SMILES string of the molecule is CC(O)(c1c(N)ccc(C(O)(C(F)(F)F)C(F)(F)F)c1N)C(F)(F)F.CC(O)(c1cc(C(O)(C(F)(F)F)C(F)(F)F)c(N)cc1N)C(F)(F)F.CC(O)(c1cc(C(O)(C(F)(F)F)C(F)(F)F)cc(N)c1N)C(F)(F)F.CC(O)(c1cc(N)c(C(C)(O)C(F)(F)F)cc1N)C(F)(F)F.CC(O)(c1cc(N)ccc1N)C(F)(F)F.CC(O)(c1ccc(N)cc1N)C(F)(F)F. The Kier molecular flexibility index (Phi) is 31.9. The summed E-state index contributed by atoms with van der Waals surface area (Å²) in [5, 5.41) is 94.2. The molecule has 0 amide bonds. The fraction of sp³-hybridized carbons (Fsp3) is 0.455. The minimum absolute atomic E-state index is 0.0123. The first-order chi connectivity index (χ1) is 55.2. The zero-order valence-corrected chi connectivity index (χ0v) is 63.7. The summed E-state index contributed by atoms with van der Waals surface area (Å²) >= 11 is 0. The molecule has 0 radical (unpaired) electrons. The Balaban J connectivity index is 0.000000770. The lowest BCUT2D eigenvalue weighted by atomic mass is 9.83. The van der Waals surface area contributed by atoms with Crippen LogP contribution in [-0.2, 0) is 56.0 Å². The van der Waals surface area contributed by atoms with Crippen LogP contribution in [-0.4, -0.2) is 131 Å². The van der Waals surface area contributed by atoms with Gasteiger partial charge in [0.2, 0.25) is 0 Å². The predicted octanol–water partition coefficient (Wildman–Crippen LogP) is 14.4. The van der Waals surface area contributed by atoms with Gasteiger partial charge in [0.05, 0.1) is 11.4 Å². The fourth-order valence-corrected chi connectivity index (χ4v) is 10.1. The largest absolute Gasteiger partial charge is 0.430 e. The highest BCUT2D eigenvalue weighted by molar-refractivity contribution is 5.72. The first-order valence-corrected chi connectivity index (χ1v) is 32.4. The van der Waals surface area contributed by atoms with Gasteiger partial charge in [-0.3, -0.25) is 0 Å². The monoisotopic (exact) mass is 1930 g/mol. The molecule has 7 unspecified atom stereocenters. The van der Waals surface area contributed by atoms with Gasteiger partial charge in [-0.25, -0.2) is 0 Å². The van der Waals surface area contributed by atoms with Crippen molar-refractivity contribution in [2.45, 2.75) is 185 Å². The molecule has 0 bridgehead atoms. The van der Waals surface area contributed by atoms with Crippen molar-refractivity contribution in [3.63, 3.8) is 0 Å². The third-order valence-corrected chi connectivity index (χ3v) is 18.2. The van der Waals surface area contributed by atoms with Gasteiger partial charge in [0.25, 0.3) is 16.8 Å². The maximum Gasteiger partial charge on any atom is 0.430 e. The summed E-state index contributed by atoms with van der Waals surface area (Å²) in [5.74, 6) is 0. The molecular weight excluding hydrogens is 1860 g/mol. The van der Waals surface area contributed by atoms with E-state index in [-0.39, 0.29) is 79.9 Å². The Labute approximate surface area is 683 Å². The van der Waals surface area contributed by atoms with Crippen LogP contribution in [0.15, 0.2) is 84.9 Å². The molecule has 6 rings (SSSR count). The van der Waals surface area contributed by atoms with Crippen LogP contribution in [0.2, 0.25) is 0 Å². The average molecular weight is 1930 g/mol. The summed E-state index contributed by atoms with van der Waals surface area (Å²) in [6.45, 7) is 2.23. The van der Waals surface area contributed by atoms with Gasteiger partial charge in [-0.15, -0.1) is 0 Å². The van der Waals surface area contributed by atoms with E-state index in [4.69, 9.17) is 68.8 Å². The molecule has 0 spiro atoms. The third-order valence-electron chi connectivity index (χ3n) is 18.2. The molecule has 0 saturated carbocycles. The van der Waals surface area contributed by atoms with Crippen molar-refractivity contribution in [1.29, 1.82) is 0 Å². The summed E-state index contributed by atoms with van der Waals surface area (Å²) in [5.41, 5.74) is -1.27. The molecule has 0 aliphatic carbocycles. The Hall–Kier alpha value is -10.2. The van der Waals surface area contributed by atoms with Crippen molar-refractivity contribution in [1.82, 2.24) is 0 Å². The standard InChI is InChI=1S/3C12H11F9N2O2.C12H14F6N2O2.2C9H11F3N2O/c1-8(24,10(13,14)15)4-2-5(7(23)3-6(4)22)9(25,11(16,17)18)12(19,20)21;1-8(24,10(13,14)15)5-2-4(3-6(22)7(5)23)9(25,11(16,17)18)12(19,20)21;1-8(24,10(13,14)15)6-5(22)3-2-4(7(6)23)9(25,11(16,17)18)12(19,20)21;1-9(21,11(13,14)15)5-3-8(20)6(4-7(5)19)10(2,22)12(16,17)18;1-8(15,9(10,11)12)6-4-5(13)2-3-7(6)14;1-8(15,9(10,11)12)6-3-2-5(13)4-7(6)14/h3*2-3,24-25H,22-23H2,1H3;3-4,21-22H,19-20H2,1-2H3;2*2-4,15H,13-14H2,1H3. The second-order valence-electron chi connectivity index (χ2n) is 27.9. The smallest absolute Gasteiger partial charge is 0.399 e. The Morgan fingerprint density at radius 3 is 0.717 bits per heavy atom. The Morgan fingerprint density at radius 1 is 0.173 bits per heavy atom. The molecule has 0 aliphatic rings. The van der Waals surface area contributed by atoms with Crippen molar-refractivity contribution in [2.75, 3.05) is 68.8 Å². The number of benzene rings is 6. The molecule has 0 aromatic heterocycles. The van der Waals surface area contributed by atoms with E-state index >= 15 is 0 Å². The van der Waals surface area contributed by atoms with Crippen molar-refractivity contribution in [2.24, 2.45) is 0 Å². The van der Waals surface area contributed by atoms with E-state index in [2.05, 4.69) is 0 Å². The molecule has 726 valence electrons. The normalized spacial score (nSPS) is 16.9. The van der Waals surface area contributed by atoms with Gasteiger partial charge in [-0.2, -0.15) is 171 Å². The van der Waals surface area contributed by atoms with Crippen LogP contribution in [0.1, 0.15) is 104 Å². The summed E-state index contributed by atoms with van der Waals surface area (Å²) in [4.78, 5) is 0. The Morgan fingerprint density at radius 2 is 0.409 bits per heavy atom. The topological polar surface area (TPSA) is 515 Å². The molecule has 34 N–H and O–H groups in total. The number of anilines is 12. The number of alkyl halides is 39. The zero-order valence-electron chi connectivity index (χ0n) is 63.7. The molecule has 6 aromatic carbocycles. The van der Waals surface area contributed by atoms with Crippen LogP contribution in [0.3, 0.4) is 0 Å². The first kappa shape index (κ1) is 115. The highest BCUT2D eigenvalue weighted by Crippen LogP contribution is 2.59. The number of nitrogens with two attached hydrogens (primary N) is 12. The van der Waals surface area contributed by atoms with E-state index in [1.165, 1.54) is 24.3 Å². The second kappa shape index (κ2) is 35.3. The molecular formula is C66H69F39N12O10. The van der Waals surface area contributed by atoms with Gasteiger partial charge >= 0.3 is 80.3 Å². The number of aliphatic hydroxyl groups is 10. The van der Waals surface area contributed by atoms with Gasteiger partial charge in [0.1, 0.15) is 0 Å². The molecule has 6 aromatic rings. The number of rotatable bonds is 10. The highest BCUT2D eigenvalue weighted by atomic mass is 19.5. The van der Waals surface area contributed by atoms with Gasteiger partial charge in [-0.05, 0) is 121 Å². The van der Waals surface area contributed by atoms with Gasteiger partial charge in [-0.1, -0.05) is 12.1 Å². The van der Waals surface area contributed by atoms with Crippen molar-refractivity contribution >= 4 is 68.2 Å². The summed E-state index contributed by atoms with van der Waals surface area (Å²) in [6.07, 6.45) is -74.6. The highest BCUT2D eigenvalue weighted by Gasteiger charge is 2.75. The van der Waals surface area contributed by atoms with Crippen LogP contribution in [0.4, 0.5) is 239 Å². The quantitative estimate of drug-likeness (QED) is 0.0447. The van der Waals surface area contributed by atoms with Crippen molar-refractivity contribution in [3.05, 3.63) is 141 Å². The van der Waals surface area contributed by atoms with Gasteiger partial charge < -0.3 is 120 Å². The average Bonchev–Trinajstić information content (AvgIpc) is 0.728. The molecule has 0 heterocycles. The lowest BCUT2D eigenvalue weighted by Gasteiger charge is -2.36. The molecule has 7 atom stereocenters. The fourth-order valence-electron chi connectivity index (χ4n) is 10.1. The lowest BCUT2D eigenvalue weighted by molar-refractivity contribution is -0.376. The van der Waals surface area contributed by atoms with Crippen molar-refractivity contribution < 1.29 is 222 Å². The van der Waals surface area contributed by atoms with Crippen LogP contribution in [0.25, 0.3) is 0 Å². The van der Waals surface area contributed by atoms with Gasteiger partial charge in [0.15, 0.2) is 39.2 Å². The maximum atomic E-state index is 12.9. The van der Waals surface area contributed by atoms with Crippen LogP contribution < -0.4 is 68.8 Å². The summed E-state index contributed by atoms with van der Waals surface area (Å²) in [7, 11) is 0. The van der Waals surface area contributed by atoms with Gasteiger partial charge in [0, 0.05) is 113 Å². The van der Waals surface area contributed by atoms with E-state index in [1.807, 2.05) is 0 Å². The van der Waals surface area contributed by atoms with E-state index in [0.717, 1.165) is 12.1 Å². The van der Waals surface area contributed by atoms with E-state index in [0.29, 0.717) is 39.8 Å². The number of halogens is 39. The minimum atomic E-state index is -6.38. The molecule has 61 heteroatoms. The summed E-state index contributed by atoms with van der Waals surface area (Å²) in [6, 6.07) is 7.68. The second-order valence-corrected chi connectivity index (χ2v) is 27.9. The van der Waals surface area contributed by atoms with Crippen LogP contribution in [0, 0.1) is 0 Å². The number of hydrogen-bond donors (Lipinski definition) is 22. The molecule has 22 nitrogen and oxygen atoms in total. The number of hydrogen-bond acceptors (Lipinski definition) is 22. The van der Waals surface area contributed by atoms with E-state index in [1.54, 1.807) is 0 Å². The van der Waals surface area contributed by atoms with E-state index in [9.17, 15) is 222 Å². The molecule has 127 heavy (non-hydrogen) atoms. The molecule has 0 fully saturated rings. The predicted molar refractivity (Wildman–Crippen MR) is 369 cm³/mol. The third kappa shape index (κ3) is 22.6. The molecule has 0 aliphatic heterocycles. The first-order valence-electron chi connectivity index (χ1n) is 32.4. The maximum absolute atomic E-state index is 12.9. The summed E-state index contributed by atoms with van der Waals surface area (Å²) < 4.78 is 499. The zero-order chi connectivity index (χ0) is 102. The van der Waals surface area contributed by atoms with Crippen LogP contribution >= 0.6 is 0 Å². The molecule has 0 saturated heterocycles.